The van der Waals surface area contributed by atoms with Crippen molar-refractivity contribution in [3.8, 4) is 0 Å². The van der Waals surface area contributed by atoms with Gasteiger partial charge in [-0.05, 0) is 25.0 Å². The van der Waals surface area contributed by atoms with Crippen molar-refractivity contribution >= 4 is 28.8 Å². The normalized spacial score (nSPS) is 13.0. The highest BCUT2D eigenvalue weighted by Gasteiger charge is 2.21. The fourth-order valence-corrected chi connectivity index (χ4v) is 3.83. The van der Waals surface area contributed by atoms with E-state index in [1.165, 1.54) is 29.2 Å². The van der Waals surface area contributed by atoms with E-state index >= 15 is 0 Å². The second-order valence-corrected chi connectivity index (χ2v) is 6.73. The molecule has 1 aromatic rings. The Labute approximate surface area is 109 Å². The minimum absolute atomic E-state index is 0.125. The van der Waals surface area contributed by atoms with Gasteiger partial charge in [0.05, 0.1) is 11.0 Å². The highest BCUT2D eigenvalue weighted by atomic mass is 32.2. The van der Waals surface area contributed by atoms with Crippen LogP contribution in [0.15, 0.2) is 10.3 Å². The highest BCUT2D eigenvalue weighted by molar-refractivity contribution is 8.01. The van der Waals surface area contributed by atoms with Gasteiger partial charge in [0, 0.05) is 10.9 Å². The second kappa shape index (κ2) is 6.37. The van der Waals surface area contributed by atoms with Crippen LogP contribution in [0.3, 0.4) is 0 Å². The van der Waals surface area contributed by atoms with Crippen LogP contribution in [0.25, 0.3) is 0 Å². The minimum atomic E-state index is -0.641. The van der Waals surface area contributed by atoms with Crippen molar-refractivity contribution in [2.45, 2.75) is 37.5 Å². The molecular weight excluding hydrogens is 258 g/mol. The standard InChI is InChI=1S/C11H17NO3S2/c1-7(2)4-5-16-11-9(12(14)15)6-10(17-11)8(3)13/h6-8,13H,4-5H2,1-3H3/t8-/m1/s1. The van der Waals surface area contributed by atoms with Crippen LogP contribution in [0.5, 0.6) is 0 Å². The average Bonchev–Trinajstić information content (AvgIpc) is 2.61. The monoisotopic (exact) mass is 275 g/mol. The molecule has 1 aromatic heterocycles. The summed E-state index contributed by atoms with van der Waals surface area (Å²) in [5.41, 5.74) is 0.125. The topological polar surface area (TPSA) is 63.4 Å². The Morgan fingerprint density at radius 2 is 2.18 bits per heavy atom. The van der Waals surface area contributed by atoms with Crippen LogP contribution in [-0.2, 0) is 0 Å². The Bertz CT molecular complexity index is 388. The van der Waals surface area contributed by atoms with E-state index in [4.69, 9.17) is 0 Å². The first-order valence-corrected chi connectivity index (χ1v) is 7.31. The molecule has 0 spiro atoms. The van der Waals surface area contributed by atoms with Crippen LogP contribution in [0.2, 0.25) is 0 Å². The minimum Gasteiger partial charge on any atom is -0.388 e. The third kappa shape index (κ3) is 4.29. The number of thioether (sulfide) groups is 1. The van der Waals surface area contributed by atoms with Crippen LogP contribution in [0.1, 0.15) is 38.2 Å². The molecule has 96 valence electrons. The lowest BCUT2D eigenvalue weighted by Crippen LogP contribution is -1.90. The maximum absolute atomic E-state index is 10.9. The van der Waals surface area contributed by atoms with Crippen LogP contribution in [0, 0.1) is 16.0 Å². The number of nitrogens with zero attached hydrogens (tertiary/aromatic N) is 1. The maximum atomic E-state index is 10.9. The van der Waals surface area contributed by atoms with Crippen molar-refractivity contribution in [2.24, 2.45) is 5.92 Å². The van der Waals surface area contributed by atoms with Crippen LogP contribution in [0.4, 0.5) is 5.69 Å². The molecule has 0 aromatic carbocycles. The van der Waals surface area contributed by atoms with Crippen molar-refractivity contribution in [1.29, 1.82) is 0 Å². The molecule has 0 aliphatic carbocycles. The summed E-state index contributed by atoms with van der Waals surface area (Å²) in [5.74, 6) is 1.47. The van der Waals surface area contributed by atoms with Gasteiger partial charge in [0.15, 0.2) is 0 Å². The molecule has 1 rings (SSSR count). The molecule has 0 radical (unpaired) electrons. The Balaban J connectivity index is 2.78. The summed E-state index contributed by atoms with van der Waals surface area (Å²) in [6.07, 6.45) is 0.391. The summed E-state index contributed by atoms with van der Waals surface area (Å²) in [7, 11) is 0. The molecule has 0 aliphatic rings. The van der Waals surface area contributed by atoms with Crippen LogP contribution >= 0.6 is 23.1 Å². The van der Waals surface area contributed by atoms with Gasteiger partial charge in [0.2, 0.25) is 0 Å². The Morgan fingerprint density at radius 3 is 2.65 bits per heavy atom. The third-order valence-corrected chi connectivity index (χ3v) is 4.84. The van der Waals surface area contributed by atoms with E-state index in [1.54, 1.807) is 6.92 Å². The zero-order valence-electron chi connectivity index (χ0n) is 10.2. The van der Waals surface area contributed by atoms with Gasteiger partial charge in [-0.1, -0.05) is 13.8 Å². The predicted molar refractivity (Wildman–Crippen MR) is 71.8 cm³/mol. The van der Waals surface area contributed by atoms with Gasteiger partial charge in [-0.3, -0.25) is 10.1 Å². The number of hydrogen-bond acceptors (Lipinski definition) is 5. The predicted octanol–water partition coefficient (Wildman–Crippen LogP) is 3.85. The zero-order valence-corrected chi connectivity index (χ0v) is 11.8. The number of thiophene rings is 1. The molecular formula is C11H17NO3S2. The lowest BCUT2D eigenvalue weighted by atomic mass is 10.2. The number of hydrogen-bond donors (Lipinski definition) is 1. The van der Waals surface area contributed by atoms with Crippen molar-refractivity contribution in [3.05, 3.63) is 21.1 Å². The quantitative estimate of drug-likeness (QED) is 0.486. The largest absolute Gasteiger partial charge is 0.388 e. The lowest BCUT2D eigenvalue weighted by molar-refractivity contribution is -0.387. The molecule has 4 nitrogen and oxygen atoms in total. The van der Waals surface area contributed by atoms with Gasteiger partial charge in [0.1, 0.15) is 4.21 Å². The van der Waals surface area contributed by atoms with Crippen molar-refractivity contribution in [3.63, 3.8) is 0 Å². The van der Waals surface area contributed by atoms with Gasteiger partial charge in [-0.25, -0.2) is 0 Å². The fraction of sp³-hybridized carbons (Fsp3) is 0.636. The van der Waals surface area contributed by atoms with Gasteiger partial charge < -0.3 is 5.11 Å². The van der Waals surface area contributed by atoms with Gasteiger partial charge in [0.25, 0.3) is 5.69 Å². The fourth-order valence-electron chi connectivity index (χ4n) is 1.21. The lowest BCUT2D eigenvalue weighted by Gasteiger charge is -2.02. The van der Waals surface area contributed by atoms with E-state index in [0.717, 1.165) is 12.2 Å². The molecule has 6 heteroatoms. The van der Waals surface area contributed by atoms with Crippen LogP contribution in [-0.4, -0.2) is 15.8 Å². The first-order valence-electron chi connectivity index (χ1n) is 5.50. The molecule has 1 N–H and O–H groups in total. The zero-order chi connectivity index (χ0) is 13.0. The Morgan fingerprint density at radius 1 is 1.53 bits per heavy atom. The van der Waals surface area contributed by atoms with Gasteiger partial charge >= 0.3 is 0 Å². The first-order chi connectivity index (χ1) is 7.91. The summed E-state index contributed by atoms with van der Waals surface area (Å²) >= 11 is 2.83. The Hall–Kier alpha value is -0.590. The average molecular weight is 275 g/mol. The van der Waals surface area contributed by atoms with Crippen molar-refractivity contribution < 1.29 is 10.0 Å². The maximum Gasteiger partial charge on any atom is 0.294 e. The molecule has 0 fully saturated rings. The molecule has 0 saturated heterocycles. The van der Waals surface area contributed by atoms with E-state index in [9.17, 15) is 15.2 Å². The molecule has 1 atom stereocenters. The molecule has 1 heterocycles. The SMILES string of the molecule is CC(C)CCSc1sc([C@@H](C)O)cc1[N+](=O)[O-]. The second-order valence-electron chi connectivity index (χ2n) is 4.29. The molecule has 0 amide bonds. The van der Waals surface area contributed by atoms with Gasteiger partial charge in [-0.2, -0.15) is 0 Å². The van der Waals surface area contributed by atoms with Crippen molar-refractivity contribution in [2.75, 3.05) is 5.75 Å². The van der Waals surface area contributed by atoms with Crippen LogP contribution < -0.4 is 0 Å². The van der Waals surface area contributed by atoms with E-state index in [2.05, 4.69) is 13.8 Å². The smallest absolute Gasteiger partial charge is 0.294 e. The third-order valence-electron chi connectivity index (χ3n) is 2.24. The number of nitro groups is 1. The molecule has 0 unspecified atom stereocenters. The summed E-state index contributed by atoms with van der Waals surface area (Å²) in [4.78, 5) is 11.2. The molecule has 17 heavy (non-hydrogen) atoms. The summed E-state index contributed by atoms with van der Waals surface area (Å²) < 4.78 is 0.701. The molecule has 0 bridgehead atoms. The molecule has 0 saturated carbocycles. The number of aliphatic hydroxyl groups excluding tert-OH is 1. The van der Waals surface area contributed by atoms with Gasteiger partial charge in [-0.15, -0.1) is 23.1 Å². The number of rotatable bonds is 6. The summed E-state index contributed by atoms with van der Waals surface area (Å²) in [6.45, 7) is 5.88. The molecule has 0 aliphatic heterocycles. The van der Waals surface area contributed by atoms with Crippen molar-refractivity contribution in [1.82, 2.24) is 0 Å². The van der Waals surface area contributed by atoms with E-state index in [-0.39, 0.29) is 10.6 Å². The van der Waals surface area contributed by atoms with E-state index < -0.39 is 6.10 Å². The van der Waals surface area contributed by atoms with E-state index in [0.29, 0.717) is 15.0 Å². The summed E-state index contributed by atoms with van der Waals surface area (Å²) in [5, 5.41) is 20.3. The highest BCUT2D eigenvalue weighted by Crippen LogP contribution is 2.40. The summed E-state index contributed by atoms with van der Waals surface area (Å²) in [6, 6.07) is 1.48. The number of aliphatic hydroxyl groups is 1. The Kier molecular flexibility index (Phi) is 5.42. The van der Waals surface area contributed by atoms with E-state index in [1.807, 2.05) is 0 Å². The first kappa shape index (κ1) is 14.5.